The number of aryl methyl sites for hydroxylation is 1. The highest BCUT2D eigenvalue weighted by atomic mass is 32.1. The van der Waals surface area contributed by atoms with Gasteiger partial charge in [-0.3, -0.25) is 15.0 Å². The lowest BCUT2D eigenvalue weighted by Gasteiger charge is -2.55. The molecular weight excluding hydrogens is 370 g/mol. The molecule has 0 radical (unpaired) electrons. The molecule has 4 atom stereocenters. The Morgan fingerprint density at radius 3 is 2.32 bits per heavy atom. The lowest BCUT2D eigenvalue weighted by molar-refractivity contribution is -0.142. The van der Waals surface area contributed by atoms with Crippen LogP contribution >= 0.6 is 12.2 Å². The summed E-state index contributed by atoms with van der Waals surface area (Å²) in [6, 6.07) is 7.77. The highest BCUT2D eigenvalue weighted by Gasteiger charge is 2.67. The van der Waals surface area contributed by atoms with Gasteiger partial charge in [0.05, 0.1) is 11.8 Å². The number of imide groups is 1. The van der Waals surface area contributed by atoms with Gasteiger partial charge >= 0.3 is 0 Å². The number of nitrogens with zero attached hydrogens (tertiary/aromatic N) is 1. The minimum Gasteiger partial charge on any atom is -0.331 e. The van der Waals surface area contributed by atoms with Crippen LogP contribution in [-0.2, 0) is 9.59 Å². The number of hydrogen-bond donors (Lipinski definition) is 2. The number of carbonyl (C=O) groups excluding carboxylic acids is 2. The number of hydrazine groups is 1. The predicted octanol–water partition coefficient (Wildman–Crippen LogP) is 3.81. The van der Waals surface area contributed by atoms with Gasteiger partial charge in [-0.25, -0.2) is 0 Å². The summed E-state index contributed by atoms with van der Waals surface area (Å²) in [6.07, 6.45) is 6.26. The maximum absolute atomic E-state index is 13.3. The van der Waals surface area contributed by atoms with E-state index in [2.05, 4.69) is 43.7 Å². The van der Waals surface area contributed by atoms with Crippen LogP contribution in [0.25, 0.3) is 0 Å². The van der Waals surface area contributed by atoms with Crippen molar-refractivity contribution in [1.29, 1.82) is 0 Å². The van der Waals surface area contributed by atoms with Crippen molar-refractivity contribution in [1.82, 2.24) is 10.4 Å². The van der Waals surface area contributed by atoms with E-state index in [-0.39, 0.29) is 45.5 Å². The van der Waals surface area contributed by atoms with Crippen molar-refractivity contribution in [3.63, 3.8) is 0 Å². The van der Waals surface area contributed by atoms with Crippen molar-refractivity contribution >= 4 is 34.8 Å². The number of anilines is 1. The Morgan fingerprint density at radius 2 is 1.75 bits per heavy atom. The summed E-state index contributed by atoms with van der Waals surface area (Å²) in [7, 11) is 0. The first-order valence-corrected chi connectivity index (χ1v) is 10.3. The molecule has 1 heterocycles. The van der Waals surface area contributed by atoms with Crippen LogP contribution in [0.2, 0.25) is 0 Å². The van der Waals surface area contributed by atoms with Crippen LogP contribution in [0.1, 0.15) is 39.2 Å². The molecular formula is C22H27N3O2S. The molecule has 4 aliphatic rings. The van der Waals surface area contributed by atoms with Gasteiger partial charge in [0.15, 0.2) is 5.11 Å². The molecule has 0 spiro atoms. The zero-order chi connectivity index (χ0) is 20.3. The average molecular weight is 398 g/mol. The topological polar surface area (TPSA) is 61.4 Å². The normalized spacial score (nSPS) is 33.4. The predicted molar refractivity (Wildman–Crippen MR) is 113 cm³/mol. The second-order valence-electron chi connectivity index (χ2n) is 9.01. The van der Waals surface area contributed by atoms with Gasteiger partial charge in [-0.2, -0.15) is 5.01 Å². The molecule has 5 nitrogen and oxygen atoms in total. The van der Waals surface area contributed by atoms with Crippen molar-refractivity contribution in [2.75, 3.05) is 5.32 Å². The summed E-state index contributed by atoms with van der Waals surface area (Å²) in [6.45, 7) is 8.40. The highest BCUT2D eigenvalue weighted by Crippen LogP contribution is 2.63. The summed E-state index contributed by atoms with van der Waals surface area (Å²) in [5.74, 6) is -0.684. The first-order valence-electron chi connectivity index (χ1n) is 9.90. The third-order valence-electron chi connectivity index (χ3n) is 7.06. The van der Waals surface area contributed by atoms with E-state index in [1.165, 1.54) is 0 Å². The van der Waals surface area contributed by atoms with E-state index in [0.29, 0.717) is 0 Å². The monoisotopic (exact) mass is 397 g/mol. The van der Waals surface area contributed by atoms with Gasteiger partial charge in [0.1, 0.15) is 0 Å². The number of benzene rings is 1. The van der Waals surface area contributed by atoms with E-state index in [0.717, 1.165) is 29.1 Å². The number of allylic oxidation sites excluding steroid dienone is 2. The first-order chi connectivity index (χ1) is 13.2. The van der Waals surface area contributed by atoms with Gasteiger partial charge in [-0.05, 0) is 55.4 Å². The molecule has 148 valence electrons. The molecule has 2 amide bonds. The molecule has 2 bridgehead atoms. The third kappa shape index (κ3) is 2.69. The van der Waals surface area contributed by atoms with Crippen molar-refractivity contribution in [3.05, 3.63) is 42.0 Å². The summed E-state index contributed by atoms with van der Waals surface area (Å²) in [5.41, 5.74) is 4.31. The maximum Gasteiger partial charge on any atom is 0.253 e. The van der Waals surface area contributed by atoms with Crippen LogP contribution in [-0.4, -0.2) is 21.9 Å². The zero-order valence-electron chi connectivity index (χ0n) is 16.8. The number of thiocarbonyl (C=S) groups is 1. The molecule has 5 rings (SSSR count). The minimum absolute atomic E-state index is 0.160. The smallest absolute Gasteiger partial charge is 0.253 e. The SMILES string of the molecule is Cc1ccc(NC(=S)NN2C(=O)C3C(C2=O)[C@@]2(C)C=C[C@]3(C(C)C)CC2)cc1. The number of fused-ring (bicyclic) bond motifs is 1. The van der Waals surface area contributed by atoms with Gasteiger partial charge in [-0.15, -0.1) is 0 Å². The average Bonchev–Trinajstić information content (AvgIpc) is 2.91. The summed E-state index contributed by atoms with van der Waals surface area (Å²) >= 11 is 5.37. The second kappa shape index (κ2) is 6.41. The molecule has 1 aliphatic heterocycles. The summed E-state index contributed by atoms with van der Waals surface area (Å²) < 4.78 is 0. The molecule has 1 saturated carbocycles. The highest BCUT2D eigenvalue weighted by molar-refractivity contribution is 7.80. The Labute approximate surface area is 171 Å². The van der Waals surface area contributed by atoms with Crippen LogP contribution < -0.4 is 10.7 Å². The minimum atomic E-state index is -0.323. The van der Waals surface area contributed by atoms with Gasteiger partial charge in [0.2, 0.25) is 0 Å². The van der Waals surface area contributed by atoms with Gasteiger partial charge in [0, 0.05) is 11.1 Å². The lowest BCUT2D eigenvalue weighted by Crippen LogP contribution is -2.53. The molecule has 6 heteroatoms. The molecule has 0 aromatic heterocycles. The van der Waals surface area contributed by atoms with Crippen LogP contribution in [0.5, 0.6) is 0 Å². The molecule has 1 aromatic carbocycles. The van der Waals surface area contributed by atoms with E-state index in [9.17, 15) is 9.59 Å². The Hall–Kier alpha value is -2.21. The molecule has 2 unspecified atom stereocenters. The lowest BCUT2D eigenvalue weighted by atomic mass is 9.46. The number of rotatable bonds is 3. The number of carbonyl (C=O) groups is 2. The van der Waals surface area contributed by atoms with E-state index in [1.54, 1.807) is 0 Å². The van der Waals surface area contributed by atoms with Crippen LogP contribution in [0, 0.1) is 35.5 Å². The summed E-state index contributed by atoms with van der Waals surface area (Å²) in [5, 5.41) is 4.46. The van der Waals surface area contributed by atoms with E-state index in [4.69, 9.17) is 12.2 Å². The van der Waals surface area contributed by atoms with Gasteiger partial charge in [0.25, 0.3) is 11.8 Å². The fourth-order valence-corrected chi connectivity index (χ4v) is 5.45. The quantitative estimate of drug-likeness (QED) is 0.461. The molecule has 28 heavy (non-hydrogen) atoms. The second-order valence-corrected chi connectivity index (χ2v) is 9.41. The number of hydrogen-bond acceptors (Lipinski definition) is 3. The Kier molecular flexibility index (Phi) is 4.38. The summed E-state index contributed by atoms with van der Waals surface area (Å²) in [4.78, 5) is 26.6. The van der Waals surface area contributed by atoms with Crippen molar-refractivity contribution < 1.29 is 9.59 Å². The van der Waals surface area contributed by atoms with Crippen molar-refractivity contribution in [2.24, 2.45) is 28.6 Å². The Bertz CT molecular complexity index is 878. The molecule has 3 aliphatic carbocycles. The maximum atomic E-state index is 13.3. The molecule has 1 saturated heterocycles. The van der Waals surface area contributed by atoms with E-state index >= 15 is 0 Å². The van der Waals surface area contributed by atoms with Crippen LogP contribution in [0.4, 0.5) is 5.69 Å². The van der Waals surface area contributed by atoms with Crippen molar-refractivity contribution in [2.45, 2.75) is 40.5 Å². The van der Waals surface area contributed by atoms with Gasteiger partial charge in [-0.1, -0.05) is 50.6 Å². The number of amides is 2. The van der Waals surface area contributed by atoms with E-state index in [1.807, 2.05) is 31.2 Å². The van der Waals surface area contributed by atoms with Crippen LogP contribution in [0.3, 0.4) is 0 Å². The fourth-order valence-electron chi connectivity index (χ4n) is 5.24. The van der Waals surface area contributed by atoms with Crippen LogP contribution in [0.15, 0.2) is 36.4 Å². The van der Waals surface area contributed by atoms with Crippen molar-refractivity contribution in [3.8, 4) is 0 Å². The molecule has 2 fully saturated rings. The largest absolute Gasteiger partial charge is 0.331 e. The molecule has 1 aromatic rings. The van der Waals surface area contributed by atoms with Gasteiger partial charge < -0.3 is 5.32 Å². The Balaban J connectivity index is 1.58. The molecule has 2 N–H and O–H groups in total. The fraction of sp³-hybridized carbons (Fsp3) is 0.500. The zero-order valence-corrected chi connectivity index (χ0v) is 17.6. The first kappa shape index (κ1) is 19.1. The standard InChI is InChI=1S/C22H27N3O2S/c1-13(2)22-11-9-21(4,10-12-22)16-17(22)19(27)25(18(16)26)24-20(28)23-15-7-5-14(3)6-8-15/h5-9,11,13,16-17H,10,12H2,1-4H3,(H2,23,24,28)/t16?,17?,21-,22+/m0/s1. The third-order valence-corrected chi connectivity index (χ3v) is 7.26. The Morgan fingerprint density at radius 1 is 1.11 bits per heavy atom. The number of nitrogens with one attached hydrogen (secondary N) is 2. The van der Waals surface area contributed by atoms with E-state index < -0.39 is 0 Å².